The Kier molecular flexibility index (Phi) is 5.69. The van der Waals surface area contributed by atoms with Gasteiger partial charge in [-0.05, 0) is 50.4 Å². The molecule has 2 fully saturated rings. The van der Waals surface area contributed by atoms with Crippen LogP contribution in [0.5, 0.6) is 11.5 Å². The molecule has 4 rings (SSSR count). The Hall–Kier alpha value is -1.99. The summed E-state index contributed by atoms with van der Waals surface area (Å²) in [6.07, 6.45) is 2.99. The third-order valence-corrected chi connectivity index (χ3v) is 5.80. The highest BCUT2D eigenvalue weighted by Crippen LogP contribution is 2.31. The van der Waals surface area contributed by atoms with Crippen molar-refractivity contribution in [2.24, 2.45) is 5.92 Å². The number of piperidine rings is 1. The molecule has 3 aliphatic heterocycles. The maximum atomic E-state index is 11.7. The molecule has 148 valence electrons. The lowest BCUT2D eigenvalue weighted by atomic mass is 9.93. The minimum absolute atomic E-state index is 0.0310. The Morgan fingerprint density at radius 2 is 1.85 bits per heavy atom. The number of likely N-dealkylation sites (tertiary alicyclic amines) is 1. The minimum atomic E-state index is -0.291. The lowest BCUT2D eigenvalue weighted by Gasteiger charge is -2.36. The van der Waals surface area contributed by atoms with Crippen LogP contribution < -0.4 is 9.47 Å². The molecule has 7 nitrogen and oxygen atoms in total. The fourth-order valence-electron chi connectivity index (χ4n) is 4.13. The van der Waals surface area contributed by atoms with Crippen LogP contribution >= 0.6 is 0 Å². The van der Waals surface area contributed by atoms with Crippen LogP contribution in [0.3, 0.4) is 0 Å². The van der Waals surface area contributed by atoms with Crippen LogP contribution in [-0.4, -0.2) is 79.1 Å². The third-order valence-electron chi connectivity index (χ3n) is 5.80. The molecule has 0 spiro atoms. The van der Waals surface area contributed by atoms with E-state index in [0.717, 1.165) is 50.4 Å². The molecule has 0 aliphatic carbocycles. The summed E-state index contributed by atoms with van der Waals surface area (Å²) in [4.78, 5) is 15.9. The molecule has 1 N–H and O–H groups in total. The van der Waals surface area contributed by atoms with E-state index in [1.165, 1.54) is 0 Å². The summed E-state index contributed by atoms with van der Waals surface area (Å²) in [6.45, 7) is 4.50. The molecule has 1 amide bonds. The van der Waals surface area contributed by atoms with E-state index < -0.39 is 0 Å². The fourth-order valence-corrected chi connectivity index (χ4v) is 4.13. The van der Waals surface area contributed by atoms with Crippen LogP contribution in [0.4, 0.5) is 4.79 Å². The summed E-state index contributed by atoms with van der Waals surface area (Å²) in [7, 11) is 0. The molecule has 3 heterocycles. The number of hydrogen-bond acceptors (Lipinski definition) is 6. The number of hydrogen-bond donors (Lipinski definition) is 1. The van der Waals surface area contributed by atoms with E-state index in [2.05, 4.69) is 4.90 Å². The van der Waals surface area contributed by atoms with Crippen molar-refractivity contribution in [3.8, 4) is 11.5 Å². The molecule has 1 aromatic carbocycles. The van der Waals surface area contributed by atoms with Crippen LogP contribution in [0.1, 0.15) is 19.3 Å². The first-order valence-corrected chi connectivity index (χ1v) is 9.88. The molecule has 0 unspecified atom stereocenters. The van der Waals surface area contributed by atoms with Crippen molar-refractivity contribution in [1.29, 1.82) is 0 Å². The highest BCUT2D eigenvalue weighted by molar-refractivity contribution is 5.70. The summed E-state index contributed by atoms with van der Waals surface area (Å²) in [5, 5.41) is 9.34. The lowest BCUT2D eigenvalue weighted by molar-refractivity contribution is 0.0464. The van der Waals surface area contributed by atoms with Crippen molar-refractivity contribution in [2.45, 2.75) is 31.4 Å². The number of para-hydroxylation sites is 2. The lowest BCUT2D eigenvalue weighted by Crippen LogP contribution is -2.44. The van der Waals surface area contributed by atoms with Gasteiger partial charge in [-0.25, -0.2) is 4.79 Å². The van der Waals surface area contributed by atoms with Crippen LogP contribution in [0.25, 0.3) is 0 Å². The maximum absolute atomic E-state index is 11.7. The number of cyclic esters (lactones) is 1. The van der Waals surface area contributed by atoms with Crippen LogP contribution in [0.2, 0.25) is 0 Å². The summed E-state index contributed by atoms with van der Waals surface area (Å²) in [5.74, 6) is 2.27. The molecule has 1 aromatic rings. The molecule has 0 bridgehead atoms. The van der Waals surface area contributed by atoms with Gasteiger partial charge in [0.1, 0.15) is 19.3 Å². The highest BCUT2D eigenvalue weighted by atomic mass is 16.6. The molecule has 2 atom stereocenters. The molecule has 7 heteroatoms. The standard InChI is InChI=1S/C20H28N2O5/c23-12-16-13-26-20(24)22(16)10-7-15-5-8-21(9-6-15)11-17-14-25-18-3-1-2-4-19(18)27-17/h1-4,15-17,23H,5-14H2/t16-,17+/m1/s1. The van der Waals surface area contributed by atoms with Gasteiger partial charge in [-0.2, -0.15) is 0 Å². The van der Waals surface area contributed by atoms with E-state index >= 15 is 0 Å². The van der Waals surface area contributed by atoms with Gasteiger partial charge in [0.2, 0.25) is 0 Å². The van der Waals surface area contributed by atoms with E-state index in [9.17, 15) is 9.90 Å². The van der Waals surface area contributed by atoms with Gasteiger partial charge in [0.15, 0.2) is 11.5 Å². The Balaban J connectivity index is 1.19. The second-order valence-electron chi connectivity index (χ2n) is 7.64. The van der Waals surface area contributed by atoms with Crippen molar-refractivity contribution >= 4 is 6.09 Å². The highest BCUT2D eigenvalue weighted by Gasteiger charge is 2.33. The van der Waals surface area contributed by atoms with Gasteiger partial charge < -0.3 is 19.3 Å². The molecule has 2 saturated heterocycles. The van der Waals surface area contributed by atoms with E-state index in [1.807, 2.05) is 24.3 Å². The third kappa shape index (κ3) is 4.30. The van der Waals surface area contributed by atoms with E-state index in [4.69, 9.17) is 14.2 Å². The second kappa shape index (κ2) is 8.35. The van der Waals surface area contributed by atoms with Gasteiger partial charge in [-0.3, -0.25) is 9.80 Å². The van der Waals surface area contributed by atoms with Crippen LogP contribution in [0.15, 0.2) is 24.3 Å². The zero-order valence-electron chi connectivity index (χ0n) is 15.6. The molecule has 0 aromatic heterocycles. The molecular weight excluding hydrogens is 348 g/mol. The number of aliphatic hydroxyl groups is 1. The number of rotatable bonds is 6. The van der Waals surface area contributed by atoms with Crippen molar-refractivity contribution < 1.29 is 24.1 Å². The average Bonchev–Trinajstić information content (AvgIpc) is 3.07. The Labute approximate surface area is 159 Å². The van der Waals surface area contributed by atoms with E-state index in [1.54, 1.807) is 4.90 Å². The number of ether oxygens (including phenoxy) is 3. The quantitative estimate of drug-likeness (QED) is 0.816. The fraction of sp³-hybridized carbons (Fsp3) is 0.650. The minimum Gasteiger partial charge on any atom is -0.486 e. The Bertz CT molecular complexity index is 647. The first-order valence-electron chi connectivity index (χ1n) is 9.88. The number of benzene rings is 1. The van der Waals surface area contributed by atoms with Gasteiger partial charge in [0, 0.05) is 13.1 Å². The number of carbonyl (C=O) groups is 1. The van der Waals surface area contributed by atoms with Crippen LogP contribution in [-0.2, 0) is 4.74 Å². The summed E-state index contributed by atoms with van der Waals surface area (Å²) in [5.41, 5.74) is 0. The predicted molar refractivity (Wildman–Crippen MR) is 99.1 cm³/mol. The predicted octanol–water partition coefficient (Wildman–Crippen LogP) is 1.74. The van der Waals surface area contributed by atoms with Gasteiger partial charge >= 0.3 is 6.09 Å². The Morgan fingerprint density at radius 1 is 1.07 bits per heavy atom. The van der Waals surface area contributed by atoms with Crippen molar-refractivity contribution in [1.82, 2.24) is 9.80 Å². The van der Waals surface area contributed by atoms with Gasteiger partial charge in [0.25, 0.3) is 0 Å². The number of carbonyl (C=O) groups excluding carboxylic acids is 1. The monoisotopic (exact) mass is 376 g/mol. The molecular formula is C20H28N2O5. The second-order valence-corrected chi connectivity index (χ2v) is 7.64. The zero-order valence-corrected chi connectivity index (χ0v) is 15.6. The van der Waals surface area contributed by atoms with Crippen molar-refractivity contribution in [3.05, 3.63) is 24.3 Å². The molecule has 0 saturated carbocycles. The van der Waals surface area contributed by atoms with Crippen molar-refractivity contribution in [2.75, 3.05) is 46.0 Å². The number of fused-ring (bicyclic) bond motifs is 1. The maximum Gasteiger partial charge on any atom is 0.410 e. The molecule has 27 heavy (non-hydrogen) atoms. The van der Waals surface area contributed by atoms with Gasteiger partial charge in [-0.15, -0.1) is 0 Å². The summed E-state index contributed by atoms with van der Waals surface area (Å²) >= 11 is 0. The summed E-state index contributed by atoms with van der Waals surface area (Å²) < 4.78 is 16.9. The normalized spacial score (nSPS) is 26.3. The van der Waals surface area contributed by atoms with Crippen LogP contribution in [0, 0.1) is 5.92 Å². The van der Waals surface area contributed by atoms with E-state index in [0.29, 0.717) is 25.7 Å². The Morgan fingerprint density at radius 3 is 2.63 bits per heavy atom. The topological polar surface area (TPSA) is 71.5 Å². The number of amides is 1. The summed E-state index contributed by atoms with van der Waals surface area (Å²) in [6, 6.07) is 7.64. The van der Waals surface area contributed by atoms with Gasteiger partial charge in [0.05, 0.1) is 12.6 Å². The molecule has 3 aliphatic rings. The largest absolute Gasteiger partial charge is 0.486 e. The van der Waals surface area contributed by atoms with Gasteiger partial charge in [-0.1, -0.05) is 12.1 Å². The zero-order chi connectivity index (χ0) is 18.6. The number of nitrogens with zero attached hydrogens (tertiary/aromatic N) is 2. The molecule has 0 radical (unpaired) electrons. The first-order chi connectivity index (χ1) is 13.2. The smallest absolute Gasteiger partial charge is 0.410 e. The average molecular weight is 376 g/mol. The number of aliphatic hydroxyl groups excluding tert-OH is 1. The SMILES string of the molecule is O=C1OC[C@@H](CO)N1CCC1CCN(C[C@H]2COc3ccccc3O2)CC1. The van der Waals surface area contributed by atoms with Crippen molar-refractivity contribution in [3.63, 3.8) is 0 Å². The van der Waals surface area contributed by atoms with E-state index in [-0.39, 0.29) is 24.8 Å². The first kappa shape index (κ1) is 18.4.